The Morgan fingerprint density at radius 1 is 1.00 bits per heavy atom. The number of para-hydroxylation sites is 1. The molecule has 0 aliphatic carbocycles. The average molecular weight is 379 g/mol. The van der Waals surface area contributed by atoms with Crippen LogP contribution in [0.25, 0.3) is 0 Å². The van der Waals surface area contributed by atoms with E-state index in [0.717, 1.165) is 19.3 Å². The summed E-state index contributed by atoms with van der Waals surface area (Å²) in [4.78, 5) is 12.4. The van der Waals surface area contributed by atoms with E-state index in [0.29, 0.717) is 18.8 Å². The van der Waals surface area contributed by atoms with Gasteiger partial charge < -0.3 is 5.32 Å². The van der Waals surface area contributed by atoms with Gasteiger partial charge >= 0.3 is 0 Å². The minimum absolute atomic E-state index is 0.0169. The van der Waals surface area contributed by atoms with Gasteiger partial charge in [0, 0.05) is 24.3 Å². The molecule has 5 nitrogen and oxygen atoms in total. The standard InChI is InChI=1S/C18H19ClN2O3S/c19-16-10-9-14(18(22)20-15-7-3-1-4-8-15)13-17(16)25(23,24)21-11-5-2-6-12-21/h1,3-4,7-10,13H,2,5-6,11-12H2,(H,20,22). The molecule has 0 spiro atoms. The predicted molar refractivity (Wildman–Crippen MR) is 98.5 cm³/mol. The maximum absolute atomic E-state index is 12.9. The van der Waals surface area contributed by atoms with E-state index in [1.807, 2.05) is 18.2 Å². The second-order valence-corrected chi connectivity index (χ2v) is 8.24. The van der Waals surface area contributed by atoms with Crippen molar-refractivity contribution in [3.8, 4) is 0 Å². The smallest absolute Gasteiger partial charge is 0.255 e. The Balaban J connectivity index is 1.88. The summed E-state index contributed by atoms with van der Waals surface area (Å²) in [6.45, 7) is 0.970. The number of hydrogen-bond donors (Lipinski definition) is 1. The van der Waals surface area contributed by atoms with Crippen molar-refractivity contribution < 1.29 is 13.2 Å². The molecule has 0 unspecified atom stereocenters. The Hall–Kier alpha value is -1.89. The van der Waals surface area contributed by atoms with Crippen LogP contribution in [0.1, 0.15) is 29.6 Å². The van der Waals surface area contributed by atoms with Crippen LogP contribution in [0, 0.1) is 0 Å². The van der Waals surface area contributed by atoms with Crippen LogP contribution in [0.4, 0.5) is 5.69 Å². The molecule has 0 saturated carbocycles. The van der Waals surface area contributed by atoms with Gasteiger partial charge in [-0.3, -0.25) is 4.79 Å². The van der Waals surface area contributed by atoms with Crippen molar-refractivity contribution in [2.45, 2.75) is 24.2 Å². The monoisotopic (exact) mass is 378 g/mol. The van der Waals surface area contributed by atoms with Crippen LogP contribution < -0.4 is 5.32 Å². The molecule has 132 valence electrons. The summed E-state index contributed by atoms with van der Waals surface area (Å²) in [5.41, 5.74) is 0.895. The maximum atomic E-state index is 12.9. The third-order valence-electron chi connectivity index (χ3n) is 4.16. The molecule has 1 aliphatic rings. The van der Waals surface area contributed by atoms with Crippen molar-refractivity contribution in [2.75, 3.05) is 18.4 Å². The number of carbonyl (C=O) groups is 1. The van der Waals surface area contributed by atoms with E-state index < -0.39 is 10.0 Å². The molecule has 0 atom stereocenters. The molecule has 0 radical (unpaired) electrons. The molecule has 1 fully saturated rings. The fourth-order valence-corrected chi connectivity index (χ4v) is 4.83. The number of rotatable bonds is 4. The van der Waals surface area contributed by atoms with Crippen LogP contribution in [0.15, 0.2) is 53.4 Å². The highest BCUT2D eigenvalue weighted by atomic mass is 35.5. The zero-order valence-electron chi connectivity index (χ0n) is 13.6. The first-order valence-electron chi connectivity index (χ1n) is 8.14. The Morgan fingerprint density at radius 2 is 1.68 bits per heavy atom. The van der Waals surface area contributed by atoms with Crippen LogP contribution in [-0.4, -0.2) is 31.7 Å². The molecule has 1 heterocycles. The number of halogens is 1. The van der Waals surface area contributed by atoms with Gasteiger partial charge in [-0.15, -0.1) is 0 Å². The molecule has 7 heteroatoms. The topological polar surface area (TPSA) is 66.5 Å². The maximum Gasteiger partial charge on any atom is 0.255 e. The van der Waals surface area contributed by atoms with Crippen molar-refractivity contribution >= 4 is 33.2 Å². The number of hydrogen-bond acceptors (Lipinski definition) is 3. The van der Waals surface area contributed by atoms with Gasteiger partial charge in [0.2, 0.25) is 10.0 Å². The summed E-state index contributed by atoms with van der Waals surface area (Å²) < 4.78 is 27.1. The second-order valence-electron chi connectivity index (χ2n) is 5.93. The van der Waals surface area contributed by atoms with Crippen molar-refractivity contribution in [3.63, 3.8) is 0 Å². The van der Waals surface area contributed by atoms with Crippen LogP contribution >= 0.6 is 11.6 Å². The SMILES string of the molecule is O=C(Nc1ccccc1)c1ccc(Cl)c(S(=O)(=O)N2CCCCC2)c1. The normalized spacial score (nSPS) is 15.7. The highest BCUT2D eigenvalue weighted by Gasteiger charge is 2.28. The summed E-state index contributed by atoms with van der Waals surface area (Å²) >= 11 is 6.13. The Bertz CT molecular complexity index is 863. The summed E-state index contributed by atoms with van der Waals surface area (Å²) in [6.07, 6.45) is 2.70. The molecule has 2 aromatic carbocycles. The van der Waals surface area contributed by atoms with Crippen LogP contribution in [0.2, 0.25) is 5.02 Å². The highest BCUT2D eigenvalue weighted by molar-refractivity contribution is 7.89. The zero-order chi connectivity index (χ0) is 17.9. The third-order valence-corrected chi connectivity index (χ3v) is 6.54. The number of carbonyl (C=O) groups excluding carboxylic acids is 1. The molecule has 0 bridgehead atoms. The lowest BCUT2D eigenvalue weighted by atomic mass is 10.2. The first-order valence-corrected chi connectivity index (χ1v) is 9.96. The Kier molecular flexibility index (Phi) is 5.42. The molecule has 3 rings (SSSR count). The van der Waals surface area contributed by atoms with Gasteiger partial charge in [-0.1, -0.05) is 36.2 Å². The number of nitrogens with one attached hydrogen (secondary N) is 1. The van der Waals surface area contributed by atoms with E-state index in [-0.39, 0.29) is 21.4 Å². The fraction of sp³-hybridized carbons (Fsp3) is 0.278. The van der Waals surface area contributed by atoms with E-state index in [4.69, 9.17) is 11.6 Å². The quantitative estimate of drug-likeness (QED) is 0.880. The Morgan fingerprint density at radius 3 is 2.36 bits per heavy atom. The number of anilines is 1. The van der Waals surface area contributed by atoms with Gasteiger partial charge in [0.15, 0.2) is 0 Å². The van der Waals surface area contributed by atoms with Crippen molar-refractivity contribution in [1.82, 2.24) is 4.31 Å². The minimum atomic E-state index is -3.70. The average Bonchev–Trinajstić information content (AvgIpc) is 2.63. The molecule has 25 heavy (non-hydrogen) atoms. The molecule has 1 aliphatic heterocycles. The molecule has 0 aromatic heterocycles. The molecule has 1 N–H and O–H groups in total. The molecule has 1 saturated heterocycles. The lowest BCUT2D eigenvalue weighted by Gasteiger charge is -2.26. The van der Waals surface area contributed by atoms with Gasteiger partial charge in [-0.25, -0.2) is 8.42 Å². The Labute approximate surface area is 152 Å². The van der Waals surface area contributed by atoms with Crippen LogP contribution in [-0.2, 0) is 10.0 Å². The number of amides is 1. The number of sulfonamides is 1. The highest BCUT2D eigenvalue weighted by Crippen LogP contribution is 2.28. The third kappa shape index (κ3) is 4.03. The molecular formula is C18H19ClN2O3S. The lowest BCUT2D eigenvalue weighted by Crippen LogP contribution is -2.35. The van der Waals surface area contributed by atoms with Gasteiger partial charge in [-0.2, -0.15) is 4.31 Å². The van der Waals surface area contributed by atoms with Gasteiger partial charge in [-0.05, 0) is 43.2 Å². The van der Waals surface area contributed by atoms with Gasteiger partial charge in [0.05, 0.1) is 5.02 Å². The summed E-state index contributed by atoms with van der Waals surface area (Å²) in [7, 11) is -3.70. The van der Waals surface area contributed by atoms with E-state index in [1.165, 1.54) is 22.5 Å². The van der Waals surface area contributed by atoms with Gasteiger partial charge in [0.25, 0.3) is 5.91 Å². The fourth-order valence-electron chi connectivity index (χ4n) is 2.81. The summed E-state index contributed by atoms with van der Waals surface area (Å²) in [6, 6.07) is 13.3. The summed E-state index contributed by atoms with van der Waals surface area (Å²) in [5, 5.41) is 2.87. The van der Waals surface area contributed by atoms with E-state index >= 15 is 0 Å². The molecule has 2 aromatic rings. The predicted octanol–water partition coefficient (Wildman–Crippen LogP) is 3.77. The van der Waals surface area contributed by atoms with Gasteiger partial charge in [0.1, 0.15) is 4.90 Å². The first-order chi connectivity index (χ1) is 12.0. The molecule has 1 amide bonds. The van der Waals surface area contributed by atoms with Crippen LogP contribution in [0.5, 0.6) is 0 Å². The number of nitrogens with zero attached hydrogens (tertiary/aromatic N) is 1. The van der Waals surface area contributed by atoms with E-state index in [2.05, 4.69) is 5.32 Å². The first kappa shape index (κ1) is 17.9. The number of piperidine rings is 1. The lowest BCUT2D eigenvalue weighted by molar-refractivity contribution is 0.102. The summed E-state index contributed by atoms with van der Waals surface area (Å²) in [5.74, 6) is -0.377. The minimum Gasteiger partial charge on any atom is -0.322 e. The second kappa shape index (κ2) is 7.56. The van der Waals surface area contributed by atoms with Crippen molar-refractivity contribution in [3.05, 3.63) is 59.1 Å². The number of benzene rings is 2. The van der Waals surface area contributed by atoms with E-state index in [9.17, 15) is 13.2 Å². The van der Waals surface area contributed by atoms with E-state index in [1.54, 1.807) is 12.1 Å². The zero-order valence-corrected chi connectivity index (χ0v) is 15.2. The van der Waals surface area contributed by atoms with Crippen molar-refractivity contribution in [2.24, 2.45) is 0 Å². The molecular weight excluding hydrogens is 360 g/mol. The van der Waals surface area contributed by atoms with Crippen molar-refractivity contribution in [1.29, 1.82) is 0 Å². The largest absolute Gasteiger partial charge is 0.322 e. The van der Waals surface area contributed by atoms with Crippen LogP contribution in [0.3, 0.4) is 0 Å².